The van der Waals surface area contributed by atoms with Crippen molar-refractivity contribution in [3.8, 4) is 0 Å². The summed E-state index contributed by atoms with van der Waals surface area (Å²) in [6.45, 7) is 2.34. The fourth-order valence-electron chi connectivity index (χ4n) is 3.61. The van der Waals surface area contributed by atoms with E-state index in [2.05, 4.69) is 23.6 Å². The van der Waals surface area contributed by atoms with E-state index in [1.807, 2.05) is 18.2 Å². The Labute approximate surface area is 127 Å². The van der Waals surface area contributed by atoms with Crippen molar-refractivity contribution in [2.75, 3.05) is 5.32 Å². The highest BCUT2D eigenvalue weighted by Crippen LogP contribution is 2.25. The third-order valence-electron chi connectivity index (χ3n) is 4.99. The zero-order valence-corrected chi connectivity index (χ0v) is 12.9. The van der Waals surface area contributed by atoms with Crippen LogP contribution in [0.3, 0.4) is 0 Å². The van der Waals surface area contributed by atoms with Crippen LogP contribution in [0, 0.1) is 5.92 Å². The van der Waals surface area contributed by atoms with E-state index in [0.717, 1.165) is 24.4 Å². The third-order valence-corrected chi connectivity index (χ3v) is 4.99. The largest absolute Gasteiger partial charge is 0.324 e. The van der Waals surface area contributed by atoms with Crippen LogP contribution in [0.15, 0.2) is 24.3 Å². The number of hydrogen-bond donors (Lipinski definition) is 2. The van der Waals surface area contributed by atoms with Crippen molar-refractivity contribution in [2.24, 2.45) is 5.92 Å². The minimum absolute atomic E-state index is 0.0455. The lowest BCUT2D eigenvalue weighted by atomic mass is 10.0. The van der Waals surface area contributed by atoms with Crippen molar-refractivity contribution in [3.05, 3.63) is 29.8 Å². The number of aryl methyl sites for hydroxylation is 1. The zero-order valence-electron chi connectivity index (χ0n) is 12.9. The molecule has 0 radical (unpaired) electrons. The maximum absolute atomic E-state index is 12.4. The minimum Gasteiger partial charge on any atom is -0.324 e. The number of hydrogen-bond acceptors (Lipinski definition) is 2. The van der Waals surface area contributed by atoms with Crippen molar-refractivity contribution >= 4 is 11.6 Å². The average Bonchev–Trinajstić information content (AvgIpc) is 2.77. The Kier molecular flexibility index (Phi) is 4.59. The molecule has 114 valence electrons. The first-order valence-electron chi connectivity index (χ1n) is 8.37. The fourth-order valence-corrected chi connectivity index (χ4v) is 3.61. The molecule has 3 rings (SSSR count). The molecule has 3 atom stereocenters. The smallest absolute Gasteiger partial charge is 0.241 e. The first-order valence-corrected chi connectivity index (χ1v) is 8.37. The summed E-state index contributed by atoms with van der Waals surface area (Å²) in [5.41, 5.74) is 2.24. The van der Waals surface area contributed by atoms with E-state index in [9.17, 15) is 4.79 Å². The molecule has 2 aliphatic rings. The Balaban J connectivity index is 1.63. The molecule has 0 saturated heterocycles. The number of nitrogens with one attached hydrogen (secondary N) is 2. The number of amides is 1. The van der Waals surface area contributed by atoms with Gasteiger partial charge in [0.25, 0.3) is 0 Å². The Hall–Kier alpha value is -1.35. The fraction of sp³-hybridized carbons (Fsp3) is 0.611. The zero-order chi connectivity index (χ0) is 14.7. The molecule has 21 heavy (non-hydrogen) atoms. The topological polar surface area (TPSA) is 41.1 Å². The molecule has 2 N–H and O–H groups in total. The van der Waals surface area contributed by atoms with Crippen LogP contribution in [0.5, 0.6) is 0 Å². The van der Waals surface area contributed by atoms with Gasteiger partial charge in [0.2, 0.25) is 5.91 Å². The predicted octanol–water partition coefficient (Wildman–Crippen LogP) is 3.50. The molecule has 0 aromatic heterocycles. The molecule has 0 bridgehead atoms. The van der Waals surface area contributed by atoms with Gasteiger partial charge in [0.15, 0.2) is 0 Å². The van der Waals surface area contributed by atoms with Crippen molar-refractivity contribution in [1.82, 2.24) is 5.32 Å². The number of benzene rings is 1. The number of carbonyl (C=O) groups is 1. The lowest BCUT2D eigenvalue weighted by Gasteiger charge is -2.23. The van der Waals surface area contributed by atoms with E-state index in [-0.39, 0.29) is 11.9 Å². The molecule has 1 aromatic rings. The van der Waals surface area contributed by atoms with Gasteiger partial charge in [0, 0.05) is 11.7 Å². The van der Waals surface area contributed by atoms with E-state index < -0.39 is 0 Å². The molecule has 3 heteroatoms. The summed E-state index contributed by atoms with van der Waals surface area (Å²) in [4.78, 5) is 12.4. The van der Waals surface area contributed by atoms with Crippen LogP contribution in [0.25, 0.3) is 0 Å². The highest BCUT2D eigenvalue weighted by molar-refractivity contribution is 5.96. The first kappa shape index (κ1) is 14.6. The van der Waals surface area contributed by atoms with Gasteiger partial charge in [-0.25, -0.2) is 0 Å². The van der Waals surface area contributed by atoms with Gasteiger partial charge in [0.1, 0.15) is 0 Å². The van der Waals surface area contributed by atoms with E-state index in [1.54, 1.807) is 0 Å². The lowest BCUT2D eigenvalue weighted by molar-refractivity contribution is -0.118. The van der Waals surface area contributed by atoms with Gasteiger partial charge in [0.05, 0.1) is 6.04 Å². The van der Waals surface area contributed by atoms with E-state index in [0.29, 0.717) is 6.04 Å². The Morgan fingerprint density at radius 3 is 2.86 bits per heavy atom. The van der Waals surface area contributed by atoms with Gasteiger partial charge < -0.3 is 10.6 Å². The molecule has 1 aliphatic carbocycles. The van der Waals surface area contributed by atoms with Crippen molar-refractivity contribution in [3.63, 3.8) is 0 Å². The predicted molar refractivity (Wildman–Crippen MR) is 86.4 cm³/mol. The molecule has 0 spiro atoms. The Morgan fingerprint density at radius 1 is 1.10 bits per heavy atom. The summed E-state index contributed by atoms with van der Waals surface area (Å²) >= 11 is 0. The minimum atomic E-state index is -0.0455. The average molecular weight is 286 g/mol. The summed E-state index contributed by atoms with van der Waals surface area (Å²) in [6.07, 6.45) is 8.18. The van der Waals surface area contributed by atoms with Crippen LogP contribution in [-0.4, -0.2) is 18.0 Å². The molecule has 1 aliphatic heterocycles. The second kappa shape index (κ2) is 6.61. The van der Waals surface area contributed by atoms with Crippen LogP contribution < -0.4 is 10.6 Å². The molecule has 1 amide bonds. The molecule has 1 fully saturated rings. The van der Waals surface area contributed by atoms with Gasteiger partial charge >= 0.3 is 0 Å². The van der Waals surface area contributed by atoms with Crippen LogP contribution in [0.2, 0.25) is 0 Å². The summed E-state index contributed by atoms with van der Waals surface area (Å²) in [5, 5.41) is 6.72. The maximum atomic E-state index is 12.4. The van der Waals surface area contributed by atoms with E-state index >= 15 is 0 Å². The lowest BCUT2D eigenvalue weighted by Crippen LogP contribution is -2.45. The normalized spacial score (nSPS) is 30.0. The maximum Gasteiger partial charge on any atom is 0.241 e. The molecular formula is C18H26N2O. The summed E-state index contributed by atoms with van der Waals surface area (Å²) in [6, 6.07) is 8.61. The molecular weight excluding hydrogens is 260 g/mol. The molecule has 1 heterocycles. The number of carbonyl (C=O) groups excluding carboxylic acids is 1. The molecule has 1 aromatic carbocycles. The third kappa shape index (κ3) is 3.65. The van der Waals surface area contributed by atoms with Crippen molar-refractivity contribution in [2.45, 2.75) is 64.0 Å². The number of anilines is 1. The van der Waals surface area contributed by atoms with Crippen LogP contribution in [0.1, 0.15) is 51.0 Å². The van der Waals surface area contributed by atoms with Gasteiger partial charge in [-0.2, -0.15) is 0 Å². The van der Waals surface area contributed by atoms with Crippen LogP contribution in [0.4, 0.5) is 5.69 Å². The molecule has 3 nitrogen and oxygen atoms in total. The quantitative estimate of drug-likeness (QED) is 0.817. The van der Waals surface area contributed by atoms with Crippen LogP contribution in [-0.2, 0) is 11.2 Å². The molecule has 3 unspecified atom stereocenters. The van der Waals surface area contributed by atoms with E-state index in [4.69, 9.17) is 0 Å². The first-order chi connectivity index (χ1) is 10.2. The number of fused-ring (bicyclic) bond motifs is 1. The summed E-state index contributed by atoms with van der Waals surface area (Å²) < 4.78 is 0. The SMILES string of the molecule is CC1CCCC(NC2CCc3ccccc3NC2=O)CC1. The summed E-state index contributed by atoms with van der Waals surface area (Å²) in [7, 11) is 0. The highest BCUT2D eigenvalue weighted by Gasteiger charge is 2.26. The van der Waals surface area contributed by atoms with Gasteiger partial charge in [-0.05, 0) is 49.7 Å². The number of para-hydroxylation sites is 1. The van der Waals surface area contributed by atoms with Gasteiger partial charge in [-0.15, -0.1) is 0 Å². The second-order valence-electron chi connectivity index (χ2n) is 6.71. The molecule has 1 saturated carbocycles. The Bertz CT molecular complexity index is 500. The van der Waals surface area contributed by atoms with Gasteiger partial charge in [-0.3, -0.25) is 4.79 Å². The second-order valence-corrected chi connectivity index (χ2v) is 6.71. The van der Waals surface area contributed by atoms with Gasteiger partial charge in [-0.1, -0.05) is 38.0 Å². The van der Waals surface area contributed by atoms with E-state index in [1.165, 1.54) is 37.7 Å². The number of rotatable bonds is 2. The Morgan fingerprint density at radius 2 is 1.95 bits per heavy atom. The van der Waals surface area contributed by atoms with Crippen molar-refractivity contribution < 1.29 is 4.79 Å². The monoisotopic (exact) mass is 286 g/mol. The standard InChI is InChI=1S/C18H26N2O/c1-13-5-4-7-15(11-9-13)19-17-12-10-14-6-2-3-8-16(14)20-18(17)21/h2-3,6,8,13,15,17,19H,4-5,7,9-12H2,1H3,(H,20,21). The summed E-state index contributed by atoms with van der Waals surface area (Å²) in [5.74, 6) is 0.973. The van der Waals surface area contributed by atoms with Crippen molar-refractivity contribution in [1.29, 1.82) is 0 Å². The van der Waals surface area contributed by atoms with Crippen LogP contribution >= 0.6 is 0 Å². The highest BCUT2D eigenvalue weighted by atomic mass is 16.2.